The lowest BCUT2D eigenvalue weighted by atomic mass is 10.1. The van der Waals surface area contributed by atoms with Crippen molar-refractivity contribution in [3.8, 4) is 0 Å². The number of benzene rings is 2. The minimum atomic E-state index is -3.85. The van der Waals surface area contributed by atoms with Gasteiger partial charge in [-0.2, -0.15) is 0 Å². The van der Waals surface area contributed by atoms with Gasteiger partial charge in [-0.15, -0.1) is 0 Å². The van der Waals surface area contributed by atoms with Crippen LogP contribution in [0.5, 0.6) is 0 Å². The third kappa shape index (κ3) is 5.44. The van der Waals surface area contributed by atoms with Crippen LogP contribution in [0, 0.1) is 6.92 Å². The molecule has 1 amide bonds. The molecule has 3 aromatic rings. The van der Waals surface area contributed by atoms with Gasteiger partial charge in [0, 0.05) is 50.3 Å². The number of aryl methyl sites for hydroxylation is 1. The number of piperazine rings is 1. The van der Waals surface area contributed by atoms with E-state index in [1.54, 1.807) is 37.3 Å². The number of fused-ring (bicyclic) bond motifs is 1. The summed E-state index contributed by atoms with van der Waals surface area (Å²) in [5, 5.41) is 10.3. The second-order valence-electron chi connectivity index (χ2n) is 9.79. The minimum absolute atomic E-state index is 0.0496. The molecule has 2 aliphatic heterocycles. The van der Waals surface area contributed by atoms with Gasteiger partial charge in [0.15, 0.2) is 0 Å². The Balaban J connectivity index is 1.34. The van der Waals surface area contributed by atoms with Crippen LogP contribution in [-0.2, 0) is 14.8 Å². The second-order valence-corrected chi connectivity index (χ2v) is 11.4. The van der Waals surface area contributed by atoms with Crippen LogP contribution in [0.25, 0.3) is 10.9 Å². The van der Waals surface area contributed by atoms with Crippen molar-refractivity contribution in [1.82, 2.24) is 14.8 Å². The zero-order valence-electron chi connectivity index (χ0n) is 21.3. The number of likely N-dealkylation sites (tertiary alicyclic amines) is 1. The predicted molar refractivity (Wildman–Crippen MR) is 145 cm³/mol. The second kappa shape index (κ2) is 10.6. The molecular formula is C27H31N5O5S. The standard InChI is InChI=1S/C27H31N5O5S/c1-19-6-2-3-7-24(19)38(36,37)29-20-8-9-23-21(16-20)22(27(34)35)17-25(28-23)31-14-12-30(13-15-31)18-26(33)32-10-4-5-11-32/h2-3,6-9,16-17,29H,4-5,10-15,18H2,1H3,(H,34,35). The normalized spacial score (nSPS) is 16.7. The monoisotopic (exact) mass is 537 g/mol. The molecule has 11 heteroatoms. The van der Waals surface area contributed by atoms with E-state index in [0.29, 0.717) is 55.0 Å². The highest BCUT2D eigenvalue weighted by atomic mass is 32.2. The number of hydrogen-bond acceptors (Lipinski definition) is 7. The first-order valence-corrected chi connectivity index (χ1v) is 14.2. The topological polar surface area (TPSA) is 123 Å². The van der Waals surface area contributed by atoms with Gasteiger partial charge in [-0.05, 0) is 55.7 Å². The molecule has 10 nitrogen and oxygen atoms in total. The Hall–Kier alpha value is -3.70. The van der Waals surface area contributed by atoms with E-state index in [9.17, 15) is 23.1 Å². The summed E-state index contributed by atoms with van der Waals surface area (Å²) >= 11 is 0. The average Bonchev–Trinajstić information content (AvgIpc) is 3.44. The van der Waals surface area contributed by atoms with Gasteiger partial charge in [-0.25, -0.2) is 18.2 Å². The molecule has 38 heavy (non-hydrogen) atoms. The maximum Gasteiger partial charge on any atom is 0.336 e. The Bertz CT molecular complexity index is 1480. The Labute approximate surface area is 221 Å². The van der Waals surface area contributed by atoms with E-state index >= 15 is 0 Å². The first kappa shape index (κ1) is 25.9. The molecule has 2 fully saturated rings. The number of sulfonamides is 1. The number of anilines is 2. The molecule has 1 aromatic heterocycles. The highest BCUT2D eigenvalue weighted by molar-refractivity contribution is 7.92. The Morgan fingerprint density at radius 2 is 1.68 bits per heavy atom. The summed E-state index contributed by atoms with van der Waals surface area (Å²) in [4.78, 5) is 35.6. The number of carboxylic acid groups (broad SMARTS) is 1. The summed E-state index contributed by atoms with van der Waals surface area (Å²) in [7, 11) is -3.85. The molecule has 2 aliphatic rings. The Morgan fingerprint density at radius 3 is 2.37 bits per heavy atom. The number of carbonyl (C=O) groups is 2. The van der Waals surface area contributed by atoms with Crippen LogP contribution in [0.2, 0.25) is 0 Å². The molecule has 200 valence electrons. The van der Waals surface area contributed by atoms with Crippen LogP contribution >= 0.6 is 0 Å². The third-order valence-electron chi connectivity index (χ3n) is 7.17. The number of nitrogens with zero attached hydrogens (tertiary/aromatic N) is 4. The van der Waals surface area contributed by atoms with Crippen LogP contribution in [0.3, 0.4) is 0 Å². The van der Waals surface area contributed by atoms with Crippen molar-refractivity contribution in [2.45, 2.75) is 24.7 Å². The van der Waals surface area contributed by atoms with Gasteiger partial charge in [-0.1, -0.05) is 18.2 Å². The Morgan fingerprint density at radius 1 is 0.974 bits per heavy atom. The molecule has 2 aromatic carbocycles. The van der Waals surface area contributed by atoms with Crippen molar-refractivity contribution in [2.75, 3.05) is 55.4 Å². The lowest BCUT2D eigenvalue weighted by Crippen LogP contribution is -2.50. The number of aromatic nitrogens is 1. The van der Waals surface area contributed by atoms with Gasteiger partial charge in [-0.3, -0.25) is 14.4 Å². The van der Waals surface area contributed by atoms with E-state index < -0.39 is 16.0 Å². The molecule has 0 unspecified atom stereocenters. The van der Waals surface area contributed by atoms with Crippen LogP contribution in [0.1, 0.15) is 28.8 Å². The van der Waals surface area contributed by atoms with Gasteiger partial charge < -0.3 is 14.9 Å². The smallest absolute Gasteiger partial charge is 0.336 e. The number of carbonyl (C=O) groups excluding carboxylic acids is 1. The first-order valence-electron chi connectivity index (χ1n) is 12.7. The maximum atomic E-state index is 12.9. The molecule has 0 aliphatic carbocycles. The summed E-state index contributed by atoms with van der Waals surface area (Å²) in [5.41, 5.74) is 1.38. The number of carboxylic acids is 1. The molecule has 2 saturated heterocycles. The lowest BCUT2D eigenvalue weighted by Gasteiger charge is -2.35. The van der Waals surface area contributed by atoms with Gasteiger partial charge in [0.2, 0.25) is 5.91 Å². The fraction of sp³-hybridized carbons (Fsp3) is 0.370. The maximum absolute atomic E-state index is 12.9. The highest BCUT2D eigenvalue weighted by Gasteiger charge is 2.25. The van der Waals surface area contributed by atoms with E-state index in [2.05, 4.69) is 9.62 Å². The van der Waals surface area contributed by atoms with Gasteiger partial charge in [0.1, 0.15) is 5.82 Å². The molecule has 0 atom stereocenters. The summed E-state index contributed by atoms with van der Waals surface area (Å²) in [5.74, 6) is -0.400. The van der Waals surface area contributed by atoms with Crippen molar-refractivity contribution >= 4 is 44.3 Å². The van der Waals surface area contributed by atoms with Crippen molar-refractivity contribution in [3.05, 3.63) is 59.7 Å². The van der Waals surface area contributed by atoms with Crippen molar-refractivity contribution in [1.29, 1.82) is 0 Å². The van der Waals surface area contributed by atoms with Crippen LogP contribution in [0.4, 0.5) is 11.5 Å². The fourth-order valence-electron chi connectivity index (χ4n) is 5.08. The van der Waals surface area contributed by atoms with Crippen molar-refractivity contribution < 1.29 is 23.1 Å². The summed E-state index contributed by atoms with van der Waals surface area (Å²) in [6.45, 7) is 6.41. The molecule has 0 bridgehead atoms. The SMILES string of the molecule is Cc1ccccc1S(=O)(=O)Nc1ccc2nc(N3CCN(CC(=O)N4CCCC4)CC3)cc(C(=O)O)c2c1. The summed E-state index contributed by atoms with van der Waals surface area (Å²) in [6, 6.07) is 12.9. The van der Waals surface area contributed by atoms with E-state index in [4.69, 9.17) is 4.98 Å². The number of nitrogens with one attached hydrogen (secondary N) is 1. The number of hydrogen-bond donors (Lipinski definition) is 2. The van der Waals surface area contributed by atoms with Crippen molar-refractivity contribution in [3.63, 3.8) is 0 Å². The molecule has 3 heterocycles. The third-order valence-corrected chi connectivity index (χ3v) is 8.72. The zero-order valence-corrected chi connectivity index (χ0v) is 22.1. The van der Waals surface area contributed by atoms with E-state index in [1.165, 1.54) is 18.2 Å². The number of pyridine rings is 1. The number of aromatic carboxylic acids is 1. The first-order chi connectivity index (χ1) is 18.2. The van der Waals surface area contributed by atoms with Gasteiger partial charge >= 0.3 is 5.97 Å². The molecule has 2 N–H and O–H groups in total. The fourth-order valence-corrected chi connectivity index (χ4v) is 6.37. The van der Waals surface area contributed by atoms with E-state index in [-0.39, 0.29) is 22.1 Å². The Kier molecular flexibility index (Phi) is 7.22. The molecular weight excluding hydrogens is 506 g/mol. The van der Waals surface area contributed by atoms with E-state index in [1.807, 2.05) is 9.80 Å². The molecule has 5 rings (SSSR count). The number of amides is 1. The lowest BCUT2D eigenvalue weighted by molar-refractivity contribution is -0.131. The van der Waals surface area contributed by atoms with E-state index in [0.717, 1.165) is 25.9 Å². The van der Waals surface area contributed by atoms with Gasteiger partial charge in [0.25, 0.3) is 10.0 Å². The summed E-state index contributed by atoms with van der Waals surface area (Å²) in [6.07, 6.45) is 2.14. The molecule has 0 saturated carbocycles. The molecule has 0 radical (unpaired) electrons. The quantitative estimate of drug-likeness (QED) is 0.472. The predicted octanol–water partition coefficient (Wildman–Crippen LogP) is 2.79. The highest BCUT2D eigenvalue weighted by Crippen LogP contribution is 2.28. The summed E-state index contributed by atoms with van der Waals surface area (Å²) < 4.78 is 28.4. The number of rotatable bonds is 7. The average molecular weight is 538 g/mol. The molecule has 0 spiro atoms. The van der Waals surface area contributed by atoms with Gasteiger partial charge in [0.05, 0.1) is 22.5 Å². The largest absolute Gasteiger partial charge is 0.478 e. The van der Waals surface area contributed by atoms with Crippen LogP contribution in [-0.4, -0.2) is 86.0 Å². The van der Waals surface area contributed by atoms with Crippen LogP contribution in [0.15, 0.2) is 53.4 Å². The van der Waals surface area contributed by atoms with Crippen molar-refractivity contribution in [2.24, 2.45) is 0 Å². The minimum Gasteiger partial charge on any atom is -0.478 e. The zero-order chi connectivity index (χ0) is 26.9. The van der Waals surface area contributed by atoms with Crippen LogP contribution < -0.4 is 9.62 Å².